The standard InChI is InChI=1S/C16H21N3S/c1-12-3-2-4-13(11-12)5-8-15-18-19-16(20-15)9-10-17-14-6-7-14/h2-4,11,14,17H,5-10H2,1H3. The molecular formula is C16H21N3S. The first-order valence-electron chi connectivity index (χ1n) is 7.40. The lowest BCUT2D eigenvalue weighted by Gasteiger charge is -2.00. The average molecular weight is 287 g/mol. The van der Waals surface area contributed by atoms with Gasteiger partial charge in [0.2, 0.25) is 0 Å². The summed E-state index contributed by atoms with van der Waals surface area (Å²) in [6.45, 7) is 3.18. The van der Waals surface area contributed by atoms with Crippen LogP contribution in [0.25, 0.3) is 0 Å². The number of aryl methyl sites for hydroxylation is 3. The summed E-state index contributed by atoms with van der Waals surface area (Å²) in [4.78, 5) is 0. The first-order chi connectivity index (χ1) is 9.79. The number of hydrogen-bond donors (Lipinski definition) is 1. The molecule has 1 aromatic heterocycles. The van der Waals surface area contributed by atoms with Crippen molar-refractivity contribution in [2.75, 3.05) is 6.54 Å². The van der Waals surface area contributed by atoms with Crippen LogP contribution >= 0.6 is 11.3 Å². The maximum Gasteiger partial charge on any atom is 0.118 e. The molecule has 20 heavy (non-hydrogen) atoms. The minimum absolute atomic E-state index is 0.781. The second-order valence-corrected chi connectivity index (χ2v) is 6.70. The molecule has 1 aliphatic carbocycles. The van der Waals surface area contributed by atoms with Crippen LogP contribution in [-0.4, -0.2) is 22.8 Å². The van der Waals surface area contributed by atoms with Crippen LogP contribution in [0.3, 0.4) is 0 Å². The van der Waals surface area contributed by atoms with Crippen molar-refractivity contribution in [3.8, 4) is 0 Å². The largest absolute Gasteiger partial charge is 0.314 e. The molecule has 106 valence electrons. The summed E-state index contributed by atoms with van der Waals surface area (Å²) in [5.41, 5.74) is 2.71. The molecule has 2 aromatic rings. The van der Waals surface area contributed by atoms with Gasteiger partial charge in [0.05, 0.1) is 0 Å². The Morgan fingerprint density at radius 3 is 2.70 bits per heavy atom. The maximum absolute atomic E-state index is 4.31. The number of aromatic nitrogens is 2. The second-order valence-electron chi connectivity index (χ2n) is 5.56. The van der Waals surface area contributed by atoms with E-state index >= 15 is 0 Å². The summed E-state index contributed by atoms with van der Waals surface area (Å²) in [5.74, 6) is 0. The van der Waals surface area contributed by atoms with Gasteiger partial charge in [0.15, 0.2) is 0 Å². The molecule has 1 fully saturated rings. The topological polar surface area (TPSA) is 37.8 Å². The van der Waals surface area contributed by atoms with Crippen molar-refractivity contribution in [2.45, 2.75) is 45.1 Å². The van der Waals surface area contributed by atoms with E-state index in [0.29, 0.717) is 0 Å². The van der Waals surface area contributed by atoms with Crippen molar-refractivity contribution < 1.29 is 0 Å². The van der Waals surface area contributed by atoms with Gasteiger partial charge in [0, 0.05) is 25.4 Å². The van der Waals surface area contributed by atoms with Crippen molar-refractivity contribution >= 4 is 11.3 Å². The number of nitrogens with zero attached hydrogens (tertiary/aromatic N) is 2. The van der Waals surface area contributed by atoms with E-state index in [1.165, 1.54) is 24.0 Å². The smallest absolute Gasteiger partial charge is 0.118 e. The van der Waals surface area contributed by atoms with Crippen LogP contribution < -0.4 is 5.32 Å². The van der Waals surface area contributed by atoms with Crippen molar-refractivity contribution in [1.29, 1.82) is 0 Å². The van der Waals surface area contributed by atoms with Gasteiger partial charge in [-0.05, 0) is 31.7 Å². The number of hydrogen-bond acceptors (Lipinski definition) is 4. The number of benzene rings is 1. The normalized spacial score (nSPS) is 14.7. The summed E-state index contributed by atoms with van der Waals surface area (Å²) in [5, 5.41) is 14.4. The average Bonchev–Trinajstić information content (AvgIpc) is 3.15. The highest BCUT2D eigenvalue weighted by molar-refractivity contribution is 7.11. The Labute approximate surface area is 124 Å². The summed E-state index contributed by atoms with van der Waals surface area (Å²) in [7, 11) is 0. The van der Waals surface area contributed by atoms with Gasteiger partial charge in [-0.2, -0.15) is 0 Å². The monoisotopic (exact) mass is 287 g/mol. The van der Waals surface area contributed by atoms with E-state index in [1.54, 1.807) is 11.3 Å². The molecule has 3 nitrogen and oxygen atoms in total. The lowest BCUT2D eigenvalue weighted by Crippen LogP contribution is -2.19. The molecule has 4 heteroatoms. The van der Waals surface area contributed by atoms with Crippen LogP contribution in [0.5, 0.6) is 0 Å². The van der Waals surface area contributed by atoms with E-state index in [4.69, 9.17) is 0 Å². The van der Waals surface area contributed by atoms with Crippen LogP contribution in [0.4, 0.5) is 0 Å². The predicted octanol–water partition coefficient (Wildman–Crippen LogP) is 2.93. The van der Waals surface area contributed by atoms with Gasteiger partial charge in [0.25, 0.3) is 0 Å². The van der Waals surface area contributed by atoms with Crippen molar-refractivity contribution in [1.82, 2.24) is 15.5 Å². The highest BCUT2D eigenvalue weighted by Crippen LogP contribution is 2.19. The molecule has 0 atom stereocenters. The third-order valence-electron chi connectivity index (χ3n) is 3.57. The SMILES string of the molecule is Cc1cccc(CCc2nnc(CCNC3CC3)s2)c1. The van der Waals surface area contributed by atoms with Crippen molar-refractivity contribution in [3.63, 3.8) is 0 Å². The van der Waals surface area contributed by atoms with E-state index < -0.39 is 0 Å². The summed E-state index contributed by atoms with van der Waals surface area (Å²) >= 11 is 1.77. The van der Waals surface area contributed by atoms with Gasteiger partial charge in [-0.15, -0.1) is 21.5 Å². The van der Waals surface area contributed by atoms with Crippen LogP contribution in [-0.2, 0) is 19.3 Å². The zero-order valence-electron chi connectivity index (χ0n) is 11.9. The van der Waals surface area contributed by atoms with E-state index in [-0.39, 0.29) is 0 Å². The highest BCUT2D eigenvalue weighted by Gasteiger charge is 2.19. The molecule has 0 radical (unpaired) electrons. The van der Waals surface area contributed by atoms with Gasteiger partial charge < -0.3 is 5.32 Å². The van der Waals surface area contributed by atoms with Gasteiger partial charge in [-0.25, -0.2) is 0 Å². The molecule has 1 heterocycles. The van der Waals surface area contributed by atoms with Crippen molar-refractivity contribution in [3.05, 3.63) is 45.4 Å². The molecule has 0 amide bonds. The Morgan fingerprint density at radius 1 is 1.15 bits per heavy atom. The van der Waals surface area contributed by atoms with Crippen LogP contribution in [0.1, 0.15) is 34.0 Å². The molecule has 1 N–H and O–H groups in total. The molecule has 0 spiro atoms. The van der Waals surface area contributed by atoms with E-state index in [0.717, 1.165) is 41.9 Å². The van der Waals surface area contributed by atoms with Crippen LogP contribution in [0.2, 0.25) is 0 Å². The third-order valence-corrected chi connectivity index (χ3v) is 4.61. The van der Waals surface area contributed by atoms with Gasteiger partial charge >= 0.3 is 0 Å². The number of nitrogens with one attached hydrogen (secondary N) is 1. The van der Waals surface area contributed by atoms with Gasteiger partial charge in [-0.3, -0.25) is 0 Å². The predicted molar refractivity (Wildman–Crippen MR) is 83.2 cm³/mol. The summed E-state index contributed by atoms with van der Waals surface area (Å²) < 4.78 is 0. The molecule has 0 aliphatic heterocycles. The number of rotatable bonds is 7. The summed E-state index contributed by atoms with van der Waals surface area (Å²) in [6, 6.07) is 9.48. The van der Waals surface area contributed by atoms with E-state index in [1.807, 2.05) is 0 Å². The zero-order valence-corrected chi connectivity index (χ0v) is 12.7. The van der Waals surface area contributed by atoms with Gasteiger partial charge in [-0.1, -0.05) is 29.8 Å². The molecule has 0 bridgehead atoms. The molecule has 0 saturated heterocycles. The van der Waals surface area contributed by atoms with Crippen molar-refractivity contribution in [2.24, 2.45) is 0 Å². The Morgan fingerprint density at radius 2 is 1.95 bits per heavy atom. The maximum atomic E-state index is 4.31. The third kappa shape index (κ3) is 4.12. The molecular weight excluding hydrogens is 266 g/mol. The van der Waals surface area contributed by atoms with Crippen LogP contribution in [0, 0.1) is 6.92 Å². The minimum Gasteiger partial charge on any atom is -0.314 e. The fraction of sp³-hybridized carbons (Fsp3) is 0.500. The first-order valence-corrected chi connectivity index (χ1v) is 8.21. The fourth-order valence-corrected chi connectivity index (χ4v) is 3.12. The van der Waals surface area contributed by atoms with E-state index in [9.17, 15) is 0 Å². The Balaban J connectivity index is 1.46. The highest BCUT2D eigenvalue weighted by atomic mass is 32.1. The molecule has 1 saturated carbocycles. The molecule has 0 unspecified atom stereocenters. The molecule has 3 rings (SSSR count). The lowest BCUT2D eigenvalue weighted by molar-refractivity contribution is 0.677. The Kier molecular flexibility index (Phi) is 4.43. The first kappa shape index (κ1) is 13.7. The summed E-state index contributed by atoms with van der Waals surface area (Å²) in [6.07, 6.45) is 5.75. The lowest BCUT2D eigenvalue weighted by atomic mass is 10.1. The Bertz CT molecular complexity index is 560. The van der Waals surface area contributed by atoms with Crippen LogP contribution in [0.15, 0.2) is 24.3 Å². The molecule has 1 aliphatic rings. The molecule has 1 aromatic carbocycles. The minimum atomic E-state index is 0.781. The Hall–Kier alpha value is -1.26. The van der Waals surface area contributed by atoms with Gasteiger partial charge in [0.1, 0.15) is 10.0 Å². The second kappa shape index (κ2) is 6.46. The zero-order chi connectivity index (χ0) is 13.8. The fourth-order valence-electron chi connectivity index (χ4n) is 2.28. The quantitative estimate of drug-likeness (QED) is 0.851. The van der Waals surface area contributed by atoms with E-state index in [2.05, 4.69) is 46.7 Å².